The van der Waals surface area contributed by atoms with E-state index in [9.17, 15) is 14.0 Å². The van der Waals surface area contributed by atoms with Gasteiger partial charge in [-0.05, 0) is 24.6 Å². The van der Waals surface area contributed by atoms with Crippen molar-refractivity contribution in [2.24, 2.45) is 0 Å². The monoisotopic (exact) mass is 486 g/mol. The number of methoxy groups -OCH3 is 1. The number of carbonyl (C=O) groups is 1. The van der Waals surface area contributed by atoms with Crippen molar-refractivity contribution in [3.05, 3.63) is 63.3 Å². The molecular weight excluding hydrogens is 458 g/mol. The zero-order valence-corrected chi connectivity index (χ0v) is 19.7. The van der Waals surface area contributed by atoms with Gasteiger partial charge in [0.05, 0.1) is 17.8 Å². The van der Waals surface area contributed by atoms with Gasteiger partial charge in [0.15, 0.2) is 5.82 Å². The van der Waals surface area contributed by atoms with E-state index in [1.54, 1.807) is 18.2 Å². The first-order chi connectivity index (χ1) is 16.9. The molecule has 3 aromatic rings. The Balaban J connectivity index is 1.39. The van der Waals surface area contributed by atoms with Crippen molar-refractivity contribution in [2.75, 3.05) is 51.3 Å². The largest absolute Gasteiger partial charge is 0.383 e. The lowest BCUT2D eigenvalue weighted by Gasteiger charge is -2.36. The smallest absolute Gasteiger partial charge is 0.270 e. The third kappa shape index (κ3) is 5.46. The third-order valence-corrected chi connectivity index (χ3v) is 6.05. The van der Waals surface area contributed by atoms with Crippen molar-refractivity contribution in [2.45, 2.75) is 19.9 Å². The van der Waals surface area contributed by atoms with E-state index in [0.717, 1.165) is 0 Å². The summed E-state index contributed by atoms with van der Waals surface area (Å²) in [7, 11) is 1.53. The molecule has 0 atom stereocenters. The molecule has 0 aliphatic carbocycles. The van der Waals surface area contributed by atoms with Crippen LogP contribution in [0.1, 0.15) is 28.7 Å². The number of pyridine rings is 1. The Labute approximate surface area is 201 Å². The third-order valence-electron chi connectivity index (χ3n) is 6.05. The van der Waals surface area contributed by atoms with E-state index in [-0.39, 0.29) is 16.8 Å². The van der Waals surface area contributed by atoms with Gasteiger partial charge >= 0.3 is 0 Å². The van der Waals surface area contributed by atoms with Gasteiger partial charge in [0, 0.05) is 51.9 Å². The van der Waals surface area contributed by atoms with Crippen LogP contribution in [-0.2, 0) is 17.7 Å². The molecule has 2 aromatic heterocycles. The molecular formula is C24H28F2N6O3. The van der Waals surface area contributed by atoms with Crippen LogP contribution in [0.2, 0.25) is 0 Å². The lowest BCUT2D eigenvalue weighted by Crippen LogP contribution is -2.46. The van der Waals surface area contributed by atoms with Crippen LogP contribution in [0.3, 0.4) is 0 Å². The first-order valence-electron chi connectivity index (χ1n) is 11.5. The van der Waals surface area contributed by atoms with Crippen LogP contribution in [0.25, 0.3) is 11.0 Å². The number of aromatic amines is 1. The van der Waals surface area contributed by atoms with Gasteiger partial charge in [0.25, 0.3) is 11.5 Å². The number of fused-ring (bicyclic) bond motifs is 1. The minimum Gasteiger partial charge on any atom is -0.383 e. The molecule has 2 N–H and O–H groups in total. The van der Waals surface area contributed by atoms with E-state index in [2.05, 4.69) is 25.2 Å². The number of nitrogens with zero attached hydrogens (tertiary/aromatic N) is 4. The highest BCUT2D eigenvalue weighted by atomic mass is 19.1. The maximum Gasteiger partial charge on any atom is 0.270 e. The summed E-state index contributed by atoms with van der Waals surface area (Å²) in [4.78, 5) is 38.7. The molecule has 1 aromatic carbocycles. The number of H-pyrrole nitrogens is 1. The molecule has 1 aliphatic rings. The standard InChI is InChI=1S/C24H28F2N6O3/c1-3-16-24(34)30-21-17(28-16)5-4-15(20(21)25)14-31-9-11-32(12-10-31)19-7-6-18(29-22(19)26)23(33)27-8-13-35-2/h4-7H,3,8-14H2,1-2H3,(H,27,33)(H,30,34). The highest BCUT2D eigenvalue weighted by Crippen LogP contribution is 2.22. The fourth-order valence-corrected chi connectivity index (χ4v) is 4.10. The highest BCUT2D eigenvalue weighted by molar-refractivity contribution is 5.92. The van der Waals surface area contributed by atoms with Crippen LogP contribution in [-0.4, -0.2) is 72.2 Å². The predicted octanol–water partition coefficient (Wildman–Crippen LogP) is 1.86. The molecule has 1 aliphatic heterocycles. The summed E-state index contributed by atoms with van der Waals surface area (Å²) in [5, 5.41) is 2.61. The number of anilines is 1. The predicted molar refractivity (Wildman–Crippen MR) is 128 cm³/mol. The highest BCUT2D eigenvalue weighted by Gasteiger charge is 2.22. The number of carbonyl (C=O) groups excluding carboxylic acids is 1. The SMILES string of the molecule is CCc1nc2ccc(CN3CCN(c4ccc(C(=O)NCCOC)nc4F)CC3)c(F)c2[nH]c1=O. The second-order valence-electron chi connectivity index (χ2n) is 8.32. The van der Waals surface area contributed by atoms with Crippen molar-refractivity contribution in [3.63, 3.8) is 0 Å². The number of hydrogen-bond acceptors (Lipinski definition) is 7. The van der Waals surface area contributed by atoms with E-state index >= 15 is 4.39 Å². The molecule has 35 heavy (non-hydrogen) atoms. The molecule has 1 amide bonds. The molecule has 186 valence electrons. The molecule has 0 radical (unpaired) electrons. The lowest BCUT2D eigenvalue weighted by molar-refractivity contribution is 0.0931. The zero-order valence-electron chi connectivity index (χ0n) is 19.7. The quantitative estimate of drug-likeness (QED) is 0.370. The Bertz CT molecular complexity index is 1270. The molecule has 1 fully saturated rings. The number of ether oxygens (including phenoxy) is 1. The van der Waals surface area contributed by atoms with Gasteiger partial charge in [0.2, 0.25) is 5.95 Å². The molecule has 1 saturated heterocycles. The molecule has 0 saturated carbocycles. The Morgan fingerprint density at radius 1 is 1.14 bits per heavy atom. The molecule has 0 unspecified atom stereocenters. The molecule has 3 heterocycles. The average molecular weight is 487 g/mol. The van der Waals surface area contributed by atoms with Crippen molar-refractivity contribution in [3.8, 4) is 0 Å². The second kappa shape index (κ2) is 10.9. The molecule has 11 heteroatoms. The van der Waals surface area contributed by atoms with Crippen LogP contribution in [0.5, 0.6) is 0 Å². The van der Waals surface area contributed by atoms with E-state index in [0.29, 0.717) is 74.8 Å². The minimum atomic E-state index is -0.707. The van der Waals surface area contributed by atoms with Crippen molar-refractivity contribution >= 4 is 22.6 Å². The van der Waals surface area contributed by atoms with E-state index in [4.69, 9.17) is 4.74 Å². The van der Waals surface area contributed by atoms with Crippen LogP contribution >= 0.6 is 0 Å². The summed E-state index contributed by atoms with van der Waals surface area (Å²) >= 11 is 0. The summed E-state index contributed by atoms with van der Waals surface area (Å²) in [5.41, 5.74) is 1.33. The van der Waals surface area contributed by atoms with Gasteiger partial charge in [0.1, 0.15) is 16.9 Å². The van der Waals surface area contributed by atoms with Gasteiger partial charge in [-0.25, -0.2) is 14.4 Å². The van der Waals surface area contributed by atoms with Crippen LogP contribution < -0.4 is 15.8 Å². The summed E-state index contributed by atoms with van der Waals surface area (Å²) in [6, 6.07) is 6.46. The lowest BCUT2D eigenvalue weighted by atomic mass is 10.1. The first kappa shape index (κ1) is 24.7. The number of hydrogen-bond donors (Lipinski definition) is 2. The van der Waals surface area contributed by atoms with E-state index < -0.39 is 17.7 Å². The number of piperazine rings is 1. The summed E-state index contributed by atoms with van der Waals surface area (Å²) < 4.78 is 34.6. The van der Waals surface area contributed by atoms with Crippen LogP contribution in [0, 0.1) is 11.8 Å². The average Bonchev–Trinajstić information content (AvgIpc) is 2.86. The molecule has 0 bridgehead atoms. The number of halogens is 2. The number of aryl methyl sites for hydroxylation is 1. The van der Waals surface area contributed by atoms with E-state index in [1.165, 1.54) is 13.2 Å². The number of benzene rings is 1. The molecule has 4 rings (SSSR count). The van der Waals surface area contributed by atoms with Gasteiger partial charge in [-0.3, -0.25) is 14.5 Å². The number of amides is 1. The molecule has 9 nitrogen and oxygen atoms in total. The van der Waals surface area contributed by atoms with Crippen LogP contribution in [0.15, 0.2) is 29.1 Å². The topological polar surface area (TPSA) is 103 Å². The van der Waals surface area contributed by atoms with Crippen molar-refractivity contribution < 1.29 is 18.3 Å². The fraction of sp³-hybridized carbons (Fsp3) is 0.417. The van der Waals surface area contributed by atoms with Gasteiger partial charge in [-0.15, -0.1) is 0 Å². The van der Waals surface area contributed by atoms with Gasteiger partial charge in [-0.1, -0.05) is 13.0 Å². The Kier molecular flexibility index (Phi) is 7.67. The van der Waals surface area contributed by atoms with Gasteiger partial charge < -0.3 is 19.9 Å². The summed E-state index contributed by atoms with van der Waals surface area (Å²) in [5.74, 6) is -1.65. The fourth-order valence-electron chi connectivity index (χ4n) is 4.10. The van der Waals surface area contributed by atoms with Gasteiger partial charge in [-0.2, -0.15) is 4.39 Å². The molecule has 0 spiro atoms. The van der Waals surface area contributed by atoms with Crippen molar-refractivity contribution in [1.82, 2.24) is 25.2 Å². The minimum absolute atomic E-state index is 0.00589. The Hall–Kier alpha value is -3.44. The van der Waals surface area contributed by atoms with E-state index in [1.807, 2.05) is 11.8 Å². The van der Waals surface area contributed by atoms with Crippen LogP contribution in [0.4, 0.5) is 14.5 Å². The number of nitrogens with one attached hydrogen (secondary N) is 2. The number of aromatic nitrogens is 3. The maximum absolute atomic E-state index is 15.1. The Morgan fingerprint density at radius 3 is 2.60 bits per heavy atom. The normalized spacial score (nSPS) is 14.5. The zero-order chi connectivity index (χ0) is 24.9. The Morgan fingerprint density at radius 2 is 1.91 bits per heavy atom. The first-order valence-corrected chi connectivity index (χ1v) is 11.5. The second-order valence-corrected chi connectivity index (χ2v) is 8.32. The summed E-state index contributed by atoms with van der Waals surface area (Å²) in [6.45, 7) is 5.05. The summed E-state index contributed by atoms with van der Waals surface area (Å²) in [6.07, 6.45) is 0.472. The number of rotatable bonds is 8. The maximum atomic E-state index is 15.1. The van der Waals surface area contributed by atoms with Crippen molar-refractivity contribution in [1.29, 1.82) is 0 Å².